The first-order chi connectivity index (χ1) is 3.81. The van der Waals surface area contributed by atoms with Crippen LogP contribution in [-0.4, -0.2) is 40.5 Å². The van der Waals surface area contributed by atoms with Crippen LogP contribution in [-0.2, 0) is 10.2 Å². The predicted molar refractivity (Wildman–Crippen MR) is 36.2 cm³/mol. The number of hydrogen-bond acceptors (Lipinski definition) is 2. The molecule has 0 bridgehead atoms. The Bertz CT molecular complexity index is 177. The van der Waals surface area contributed by atoms with Gasteiger partial charge in [0.1, 0.15) is 0 Å². The van der Waals surface area contributed by atoms with Crippen LogP contribution < -0.4 is 0 Å². The molecule has 56 valence electrons. The molecule has 0 unspecified atom stereocenters. The molecule has 0 aliphatic carbocycles. The van der Waals surface area contributed by atoms with Crippen molar-refractivity contribution in [1.82, 2.24) is 0 Å². The Hall–Kier alpha value is -0.130. The Labute approximate surface area is 56.2 Å². The monoisotopic (exact) mass is 152 g/mol. The second-order valence-corrected chi connectivity index (χ2v) is 4.88. The molecule has 0 saturated carbocycles. The zero-order valence-corrected chi connectivity index (χ0v) is 6.94. The molecule has 0 aliphatic rings. The Morgan fingerprint density at radius 2 is 1.56 bits per heavy atom. The fraction of sp³-hybridized carbons (Fsp3) is 1.00. The summed E-state index contributed by atoms with van der Waals surface area (Å²) in [4.78, 5) is 0. The summed E-state index contributed by atoms with van der Waals surface area (Å²) in [5, 5.41) is 0. The molecule has 0 N–H and O–H groups in total. The SMILES string of the molecule is C[N-]S(=O)(=O)[N+](C)(C)C. The van der Waals surface area contributed by atoms with E-state index in [-0.39, 0.29) is 3.89 Å². The minimum atomic E-state index is -3.27. The third-order valence-electron chi connectivity index (χ3n) is 0.923. The lowest BCUT2D eigenvalue weighted by molar-refractivity contribution is -0.738. The van der Waals surface area contributed by atoms with Crippen LogP contribution >= 0.6 is 0 Å². The van der Waals surface area contributed by atoms with Crippen molar-refractivity contribution in [1.29, 1.82) is 0 Å². The summed E-state index contributed by atoms with van der Waals surface area (Å²) in [7, 11) is 2.68. The maximum Gasteiger partial charge on any atom is 0.223 e. The maximum absolute atomic E-state index is 10.8. The van der Waals surface area contributed by atoms with Gasteiger partial charge in [0.15, 0.2) is 0 Å². The van der Waals surface area contributed by atoms with Gasteiger partial charge in [-0.25, -0.2) is 3.89 Å². The summed E-state index contributed by atoms with van der Waals surface area (Å²) in [5.74, 6) is 0. The van der Waals surface area contributed by atoms with E-state index in [4.69, 9.17) is 0 Å². The van der Waals surface area contributed by atoms with E-state index in [9.17, 15) is 8.42 Å². The first-order valence-corrected chi connectivity index (χ1v) is 3.88. The standard InChI is InChI=1S/C4H12N2O2S/c1-5-9(7,8)6(2,3)4/h1-4H3. The van der Waals surface area contributed by atoms with Crippen molar-refractivity contribution in [2.24, 2.45) is 0 Å². The molecule has 0 aromatic rings. The summed E-state index contributed by atoms with van der Waals surface area (Å²) in [5.41, 5.74) is 0. The number of hydrogen-bond donors (Lipinski definition) is 0. The molecular weight excluding hydrogens is 140 g/mol. The van der Waals surface area contributed by atoms with Gasteiger partial charge < -0.3 is 4.72 Å². The maximum atomic E-state index is 10.8. The highest BCUT2D eigenvalue weighted by molar-refractivity contribution is 7.88. The first kappa shape index (κ1) is 8.87. The van der Waals surface area contributed by atoms with Crippen molar-refractivity contribution in [3.05, 3.63) is 4.72 Å². The lowest BCUT2D eigenvalue weighted by Gasteiger charge is -2.29. The first-order valence-electron chi connectivity index (χ1n) is 2.49. The van der Waals surface area contributed by atoms with Gasteiger partial charge in [0, 0.05) is 0 Å². The Morgan fingerprint density at radius 3 is 1.56 bits per heavy atom. The van der Waals surface area contributed by atoms with E-state index < -0.39 is 10.2 Å². The van der Waals surface area contributed by atoms with Gasteiger partial charge in [-0.15, -0.1) is 7.05 Å². The highest BCUT2D eigenvalue weighted by Gasteiger charge is 2.16. The highest BCUT2D eigenvalue weighted by Crippen LogP contribution is 2.08. The van der Waals surface area contributed by atoms with Gasteiger partial charge in [-0.1, -0.05) is 0 Å². The summed E-state index contributed by atoms with van der Waals surface area (Å²) in [6.45, 7) is 0. The Kier molecular flexibility index (Phi) is 2.21. The quantitative estimate of drug-likeness (QED) is 0.520. The molecule has 0 fully saturated rings. The highest BCUT2D eigenvalue weighted by atomic mass is 32.2. The van der Waals surface area contributed by atoms with Crippen molar-refractivity contribution in [2.75, 3.05) is 28.2 Å². The molecule has 0 amide bonds. The summed E-state index contributed by atoms with van der Waals surface area (Å²) >= 11 is 0. The van der Waals surface area contributed by atoms with Crippen molar-refractivity contribution < 1.29 is 12.3 Å². The third kappa shape index (κ3) is 1.92. The molecule has 5 heteroatoms. The zero-order chi connectivity index (χ0) is 7.71. The number of quaternary nitrogens is 1. The number of nitrogens with zero attached hydrogens (tertiary/aromatic N) is 2. The fourth-order valence-electron chi connectivity index (χ4n) is 0.245. The summed E-state index contributed by atoms with van der Waals surface area (Å²) < 4.78 is 24.7. The van der Waals surface area contributed by atoms with Crippen LogP contribution in [0.1, 0.15) is 0 Å². The molecule has 0 aliphatic heterocycles. The molecule has 0 spiro atoms. The van der Waals surface area contributed by atoms with Crippen molar-refractivity contribution in [3.8, 4) is 0 Å². The summed E-state index contributed by atoms with van der Waals surface area (Å²) in [6, 6.07) is 0. The van der Waals surface area contributed by atoms with Crippen LogP contribution in [0, 0.1) is 0 Å². The Morgan fingerprint density at radius 1 is 1.22 bits per heavy atom. The molecule has 0 rings (SSSR count). The largest absolute Gasteiger partial charge is 0.502 e. The lowest BCUT2D eigenvalue weighted by atomic mass is 11.0. The minimum Gasteiger partial charge on any atom is -0.502 e. The van der Waals surface area contributed by atoms with E-state index >= 15 is 0 Å². The molecule has 0 heterocycles. The van der Waals surface area contributed by atoms with E-state index in [1.165, 1.54) is 7.05 Å². The van der Waals surface area contributed by atoms with Gasteiger partial charge in [-0.2, -0.15) is 8.42 Å². The van der Waals surface area contributed by atoms with Crippen LogP contribution in [0.15, 0.2) is 0 Å². The molecule has 9 heavy (non-hydrogen) atoms. The second-order valence-electron chi connectivity index (χ2n) is 2.52. The fourth-order valence-corrected chi connectivity index (χ4v) is 0.735. The molecule has 0 saturated heterocycles. The van der Waals surface area contributed by atoms with Crippen LogP contribution in [0.2, 0.25) is 0 Å². The summed E-state index contributed by atoms with van der Waals surface area (Å²) in [6.07, 6.45) is 0. The second kappa shape index (κ2) is 2.24. The zero-order valence-electron chi connectivity index (χ0n) is 6.12. The van der Waals surface area contributed by atoms with Crippen molar-refractivity contribution >= 4 is 10.2 Å². The Balaban J connectivity index is 4.57. The molecule has 0 atom stereocenters. The van der Waals surface area contributed by atoms with Gasteiger partial charge in [0.25, 0.3) is 0 Å². The topological polar surface area (TPSA) is 48.2 Å². The van der Waals surface area contributed by atoms with Gasteiger partial charge >= 0.3 is 0 Å². The third-order valence-corrected chi connectivity index (χ3v) is 2.77. The lowest BCUT2D eigenvalue weighted by Crippen LogP contribution is -2.39. The van der Waals surface area contributed by atoms with E-state index in [0.29, 0.717) is 0 Å². The van der Waals surface area contributed by atoms with Crippen LogP contribution in [0.3, 0.4) is 0 Å². The van der Waals surface area contributed by atoms with E-state index in [1.54, 1.807) is 21.1 Å². The van der Waals surface area contributed by atoms with Crippen LogP contribution in [0.5, 0.6) is 0 Å². The molecular formula is C4H12N2O2S. The smallest absolute Gasteiger partial charge is 0.223 e. The average molecular weight is 152 g/mol. The predicted octanol–water partition coefficient (Wildman–Crippen LogP) is -0.0591. The van der Waals surface area contributed by atoms with Crippen LogP contribution in [0.4, 0.5) is 0 Å². The van der Waals surface area contributed by atoms with Gasteiger partial charge in [0.05, 0.1) is 21.1 Å². The van der Waals surface area contributed by atoms with Crippen LogP contribution in [0.25, 0.3) is 4.72 Å². The molecule has 4 nitrogen and oxygen atoms in total. The number of rotatable bonds is 2. The van der Waals surface area contributed by atoms with Crippen molar-refractivity contribution in [3.63, 3.8) is 0 Å². The molecule has 0 radical (unpaired) electrons. The normalized spacial score (nSPS) is 13.8. The van der Waals surface area contributed by atoms with Gasteiger partial charge in [-0.3, -0.25) is 0 Å². The van der Waals surface area contributed by atoms with Crippen molar-refractivity contribution in [2.45, 2.75) is 0 Å². The van der Waals surface area contributed by atoms with Gasteiger partial charge in [-0.05, 0) is 0 Å². The molecule has 0 aromatic carbocycles. The minimum absolute atomic E-state index is 0.149. The van der Waals surface area contributed by atoms with Gasteiger partial charge in [0.2, 0.25) is 10.2 Å². The van der Waals surface area contributed by atoms with E-state index in [1.807, 2.05) is 0 Å². The molecule has 0 aromatic heterocycles. The van der Waals surface area contributed by atoms with E-state index in [2.05, 4.69) is 4.72 Å². The van der Waals surface area contributed by atoms with E-state index in [0.717, 1.165) is 0 Å². The average Bonchev–Trinajstić information content (AvgIpc) is 1.64.